The van der Waals surface area contributed by atoms with Gasteiger partial charge in [0.1, 0.15) is 0 Å². The molecule has 17 heavy (non-hydrogen) atoms. The lowest BCUT2D eigenvalue weighted by molar-refractivity contribution is 0.219. The molecular formula is C15H30N2. The molecule has 2 rings (SSSR count). The zero-order chi connectivity index (χ0) is 12.5. The van der Waals surface area contributed by atoms with Crippen molar-refractivity contribution in [2.24, 2.45) is 11.3 Å². The summed E-state index contributed by atoms with van der Waals surface area (Å²) in [7, 11) is 0. The molecule has 1 saturated carbocycles. The molecule has 2 unspecified atom stereocenters. The van der Waals surface area contributed by atoms with E-state index < -0.39 is 0 Å². The molecule has 0 aromatic heterocycles. The maximum Gasteiger partial charge on any atom is 0.0101 e. The van der Waals surface area contributed by atoms with E-state index in [1.54, 1.807) is 0 Å². The SMILES string of the molecule is CC(C)NCC1CCN(C2CCC(C)(C)C2)C1. The van der Waals surface area contributed by atoms with Gasteiger partial charge in [-0.25, -0.2) is 0 Å². The summed E-state index contributed by atoms with van der Waals surface area (Å²) in [6, 6.07) is 1.52. The van der Waals surface area contributed by atoms with Crippen molar-refractivity contribution in [2.45, 2.75) is 65.5 Å². The summed E-state index contributed by atoms with van der Waals surface area (Å²) < 4.78 is 0. The van der Waals surface area contributed by atoms with Crippen LogP contribution in [-0.4, -0.2) is 36.6 Å². The van der Waals surface area contributed by atoms with Crippen LogP contribution in [0.4, 0.5) is 0 Å². The lowest BCUT2D eigenvalue weighted by Gasteiger charge is -2.26. The Labute approximate surface area is 107 Å². The first-order valence-electron chi connectivity index (χ1n) is 7.44. The summed E-state index contributed by atoms with van der Waals surface area (Å²) in [6.45, 7) is 13.2. The highest BCUT2D eigenvalue weighted by Gasteiger charge is 2.36. The van der Waals surface area contributed by atoms with Crippen LogP contribution in [0.25, 0.3) is 0 Å². The molecule has 1 aliphatic heterocycles. The van der Waals surface area contributed by atoms with Gasteiger partial charge in [0.2, 0.25) is 0 Å². The topological polar surface area (TPSA) is 15.3 Å². The Morgan fingerprint density at radius 1 is 1.29 bits per heavy atom. The zero-order valence-electron chi connectivity index (χ0n) is 12.1. The fourth-order valence-electron chi connectivity index (χ4n) is 3.47. The second-order valence-corrected chi connectivity index (χ2v) is 7.27. The molecule has 2 heteroatoms. The molecule has 2 nitrogen and oxygen atoms in total. The number of nitrogens with one attached hydrogen (secondary N) is 1. The Kier molecular flexibility index (Phi) is 4.14. The van der Waals surface area contributed by atoms with Crippen molar-refractivity contribution in [1.82, 2.24) is 10.2 Å². The molecule has 1 N–H and O–H groups in total. The average molecular weight is 238 g/mol. The third-order valence-electron chi connectivity index (χ3n) is 4.59. The molecule has 1 heterocycles. The van der Waals surface area contributed by atoms with Crippen molar-refractivity contribution in [3.05, 3.63) is 0 Å². The van der Waals surface area contributed by atoms with E-state index in [-0.39, 0.29) is 0 Å². The van der Waals surface area contributed by atoms with Crippen LogP contribution in [0.1, 0.15) is 53.4 Å². The van der Waals surface area contributed by atoms with Gasteiger partial charge in [-0.3, -0.25) is 0 Å². The lowest BCUT2D eigenvalue weighted by atomic mass is 9.91. The van der Waals surface area contributed by atoms with Crippen molar-refractivity contribution in [3.63, 3.8) is 0 Å². The van der Waals surface area contributed by atoms with Crippen LogP contribution in [0.15, 0.2) is 0 Å². The minimum atomic E-state index is 0.596. The summed E-state index contributed by atoms with van der Waals surface area (Å²) in [4.78, 5) is 2.77. The summed E-state index contributed by atoms with van der Waals surface area (Å²) in [5, 5.41) is 3.59. The molecule has 2 aliphatic rings. The van der Waals surface area contributed by atoms with E-state index in [2.05, 4.69) is 37.9 Å². The van der Waals surface area contributed by atoms with Gasteiger partial charge in [0.25, 0.3) is 0 Å². The summed E-state index contributed by atoms with van der Waals surface area (Å²) in [5.74, 6) is 0.890. The molecule has 2 fully saturated rings. The smallest absolute Gasteiger partial charge is 0.0101 e. The normalized spacial score (nSPS) is 33.7. The third-order valence-corrected chi connectivity index (χ3v) is 4.59. The molecule has 0 radical (unpaired) electrons. The van der Waals surface area contributed by atoms with Crippen LogP contribution in [0.5, 0.6) is 0 Å². The highest BCUT2D eigenvalue weighted by Crippen LogP contribution is 2.40. The van der Waals surface area contributed by atoms with E-state index in [1.165, 1.54) is 45.3 Å². The Morgan fingerprint density at radius 3 is 2.65 bits per heavy atom. The predicted octanol–water partition coefficient (Wildman–Crippen LogP) is 2.89. The molecular weight excluding hydrogens is 208 g/mol. The second kappa shape index (κ2) is 5.27. The minimum absolute atomic E-state index is 0.596. The molecule has 0 spiro atoms. The second-order valence-electron chi connectivity index (χ2n) is 7.27. The van der Waals surface area contributed by atoms with Gasteiger partial charge in [0.05, 0.1) is 0 Å². The highest BCUT2D eigenvalue weighted by molar-refractivity contribution is 4.91. The maximum absolute atomic E-state index is 3.59. The van der Waals surface area contributed by atoms with E-state index in [0.717, 1.165) is 12.0 Å². The third kappa shape index (κ3) is 3.69. The Balaban J connectivity index is 1.75. The van der Waals surface area contributed by atoms with E-state index in [0.29, 0.717) is 11.5 Å². The first-order valence-corrected chi connectivity index (χ1v) is 7.44. The largest absolute Gasteiger partial charge is 0.314 e. The molecule has 0 bridgehead atoms. The molecule has 1 saturated heterocycles. The van der Waals surface area contributed by atoms with Crippen molar-refractivity contribution in [2.75, 3.05) is 19.6 Å². The molecule has 0 aromatic carbocycles. The van der Waals surface area contributed by atoms with Crippen LogP contribution in [0.2, 0.25) is 0 Å². The minimum Gasteiger partial charge on any atom is -0.314 e. The van der Waals surface area contributed by atoms with E-state index in [1.807, 2.05) is 0 Å². The van der Waals surface area contributed by atoms with Crippen molar-refractivity contribution in [1.29, 1.82) is 0 Å². The van der Waals surface area contributed by atoms with Crippen LogP contribution in [0, 0.1) is 11.3 Å². The fourth-order valence-corrected chi connectivity index (χ4v) is 3.47. The van der Waals surface area contributed by atoms with E-state index >= 15 is 0 Å². The van der Waals surface area contributed by atoms with Gasteiger partial charge < -0.3 is 10.2 Å². The number of likely N-dealkylation sites (tertiary alicyclic amines) is 1. The monoisotopic (exact) mass is 238 g/mol. The molecule has 0 amide bonds. The Morgan fingerprint density at radius 2 is 2.06 bits per heavy atom. The quantitative estimate of drug-likeness (QED) is 0.810. The standard InChI is InChI=1S/C15H30N2/c1-12(2)16-10-13-6-8-17(11-13)14-5-7-15(3,4)9-14/h12-14,16H,5-11H2,1-4H3. The lowest BCUT2D eigenvalue weighted by Crippen LogP contribution is -2.34. The molecule has 1 aliphatic carbocycles. The van der Waals surface area contributed by atoms with Gasteiger partial charge in [0.15, 0.2) is 0 Å². The van der Waals surface area contributed by atoms with Crippen LogP contribution in [-0.2, 0) is 0 Å². The number of nitrogens with zero attached hydrogens (tertiary/aromatic N) is 1. The summed E-state index contributed by atoms with van der Waals surface area (Å²) in [5.41, 5.74) is 0.596. The van der Waals surface area contributed by atoms with Gasteiger partial charge in [-0.1, -0.05) is 27.7 Å². The fraction of sp³-hybridized carbons (Fsp3) is 1.00. The van der Waals surface area contributed by atoms with Crippen molar-refractivity contribution >= 4 is 0 Å². The van der Waals surface area contributed by atoms with Crippen LogP contribution >= 0.6 is 0 Å². The maximum atomic E-state index is 3.59. The summed E-state index contributed by atoms with van der Waals surface area (Å²) >= 11 is 0. The molecule has 100 valence electrons. The number of hydrogen-bond donors (Lipinski definition) is 1. The van der Waals surface area contributed by atoms with Gasteiger partial charge in [-0.05, 0) is 50.1 Å². The van der Waals surface area contributed by atoms with Crippen molar-refractivity contribution in [3.8, 4) is 0 Å². The average Bonchev–Trinajstić information content (AvgIpc) is 2.81. The number of hydrogen-bond acceptors (Lipinski definition) is 2. The Bertz CT molecular complexity index is 247. The van der Waals surface area contributed by atoms with Crippen molar-refractivity contribution < 1.29 is 0 Å². The van der Waals surface area contributed by atoms with E-state index in [4.69, 9.17) is 0 Å². The van der Waals surface area contributed by atoms with Crippen LogP contribution < -0.4 is 5.32 Å². The van der Waals surface area contributed by atoms with Gasteiger partial charge >= 0.3 is 0 Å². The van der Waals surface area contributed by atoms with Crippen LogP contribution in [0.3, 0.4) is 0 Å². The first-order chi connectivity index (χ1) is 7.96. The number of rotatable bonds is 4. The zero-order valence-corrected chi connectivity index (χ0v) is 12.1. The van der Waals surface area contributed by atoms with Gasteiger partial charge in [-0.2, -0.15) is 0 Å². The summed E-state index contributed by atoms with van der Waals surface area (Å²) in [6.07, 6.45) is 5.66. The predicted molar refractivity (Wildman–Crippen MR) is 74.2 cm³/mol. The van der Waals surface area contributed by atoms with E-state index in [9.17, 15) is 0 Å². The van der Waals surface area contributed by atoms with Gasteiger partial charge in [-0.15, -0.1) is 0 Å². The molecule has 2 atom stereocenters. The highest BCUT2D eigenvalue weighted by atomic mass is 15.2. The first kappa shape index (κ1) is 13.4. The Hall–Kier alpha value is -0.0800. The van der Waals surface area contributed by atoms with Gasteiger partial charge in [0, 0.05) is 18.6 Å². The molecule has 0 aromatic rings.